The molecule has 26 heavy (non-hydrogen) atoms. The minimum atomic E-state index is -3.44. The first-order valence-electron chi connectivity index (χ1n) is 7.76. The number of nitrogens with zero attached hydrogens (tertiary/aromatic N) is 2. The Morgan fingerprint density at radius 1 is 1.19 bits per heavy atom. The van der Waals surface area contributed by atoms with Crippen LogP contribution in [-0.4, -0.2) is 30.0 Å². The smallest absolute Gasteiger partial charge is 0.272 e. The summed E-state index contributed by atoms with van der Waals surface area (Å²) in [7, 11) is -3.44. The van der Waals surface area contributed by atoms with Gasteiger partial charge < -0.3 is 5.32 Å². The lowest BCUT2D eigenvalue weighted by molar-refractivity contribution is 0.0934. The molecule has 0 saturated carbocycles. The third-order valence-corrected chi connectivity index (χ3v) is 4.63. The minimum absolute atomic E-state index is 0.100. The fourth-order valence-electron chi connectivity index (χ4n) is 2.68. The van der Waals surface area contributed by atoms with E-state index >= 15 is 0 Å². The van der Waals surface area contributed by atoms with Gasteiger partial charge in [-0.2, -0.15) is 0 Å². The number of amides is 1. The van der Waals surface area contributed by atoms with Crippen LogP contribution in [0.4, 0.5) is 5.69 Å². The Balaban J connectivity index is 1.90. The number of halogens is 1. The maximum Gasteiger partial charge on any atom is 0.272 e. The van der Waals surface area contributed by atoms with Gasteiger partial charge in [0.1, 0.15) is 5.65 Å². The molecule has 2 N–H and O–H groups in total. The topological polar surface area (TPSA) is 92.6 Å². The van der Waals surface area contributed by atoms with Crippen molar-refractivity contribution in [1.82, 2.24) is 14.7 Å². The third-order valence-electron chi connectivity index (χ3n) is 3.77. The number of carbonyl (C=O) groups is 1. The van der Waals surface area contributed by atoms with E-state index in [9.17, 15) is 13.2 Å². The Morgan fingerprint density at radius 2 is 1.88 bits per heavy atom. The molecule has 0 fully saturated rings. The number of imidazole rings is 1. The first-order chi connectivity index (χ1) is 12.3. The van der Waals surface area contributed by atoms with Crippen molar-refractivity contribution in [3.8, 4) is 0 Å². The van der Waals surface area contributed by atoms with E-state index in [4.69, 9.17) is 11.6 Å². The first kappa shape index (κ1) is 18.2. The molecule has 0 bridgehead atoms. The Bertz CT molecular complexity index is 1080. The number of anilines is 1. The number of para-hydroxylation sites is 1. The number of hydrogen-bond acceptors (Lipinski definition) is 4. The summed E-state index contributed by atoms with van der Waals surface area (Å²) in [6.45, 7) is 1.76. The van der Waals surface area contributed by atoms with E-state index in [1.807, 2.05) is 0 Å². The zero-order chi connectivity index (χ0) is 18.9. The van der Waals surface area contributed by atoms with E-state index in [0.29, 0.717) is 16.9 Å². The normalized spacial score (nSPS) is 12.7. The highest BCUT2D eigenvalue weighted by molar-refractivity contribution is 7.92. The number of benzene rings is 1. The maximum absolute atomic E-state index is 12.7. The summed E-state index contributed by atoms with van der Waals surface area (Å²) in [6, 6.07) is 11.7. The lowest BCUT2D eigenvalue weighted by Gasteiger charge is -2.18. The molecule has 0 unspecified atom stereocenters. The second kappa shape index (κ2) is 6.97. The van der Waals surface area contributed by atoms with Crippen LogP contribution < -0.4 is 10.0 Å². The molecule has 0 spiro atoms. The molecule has 3 rings (SSSR count). The summed E-state index contributed by atoms with van der Waals surface area (Å²) in [5.74, 6) is -0.407. The van der Waals surface area contributed by atoms with Gasteiger partial charge in [-0.05, 0) is 30.7 Å². The molecule has 0 aliphatic rings. The van der Waals surface area contributed by atoms with E-state index in [1.165, 1.54) is 0 Å². The van der Waals surface area contributed by atoms with Crippen molar-refractivity contribution in [1.29, 1.82) is 0 Å². The molecular formula is C17H17ClN4O3S. The van der Waals surface area contributed by atoms with E-state index in [-0.39, 0.29) is 10.8 Å². The summed E-state index contributed by atoms with van der Waals surface area (Å²) in [6.07, 6.45) is 2.78. The lowest BCUT2D eigenvalue weighted by Crippen LogP contribution is -2.28. The van der Waals surface area contributed by atoms with Gasteiger partial charge >= 0.3 is 0 Å². The van der Waals surface area contributed by atoms with Gasteiger partial charge in [0.2, 0.25) is 10.0 Å². The molecule has 2 aromatic heterocycles. The number of pyridine rings is 1. The highest BCUT2D eigenvalue weighted by Gasteiger charge is 2.21. The van der Waals surface area contributed by atoms with Gasteiger partial charge in [-0.1, -0.05) is 35.9 Å². The van der Waals surface area contributed by atoms with E-state index in [0.717, 1.165) is 6.26 Å². The molecule has 136 valence electrons. The van der Waals surface area contributed by atoms with Gasteiger partial charge in [0.25, 0.3) is 5.91 Å². The molecule has 2 heterocycles. The van der Waals surface area contributed by atoms with Gasteiger partial charge in [-0.25, -0.2) is 13.4 Å². The number of nitrogens with one attached hydrogen (secondary N) is 2. The van der Waals surface area contributed by atoms with Crippen molar-refractivity contribution in [2.75, 3.05) is 11.0 Å². The average Bonchev–Trinajstić information content (AvgIpc) is 2.89. The van der Waals surface area contributed by atoms with Crippen LogP contribution in [0, 0.1) is 0 Å². The molecule has 9 heteroatoms. The third kappa shape index (κ3) is 3.81. The van der Waals surface area contributed by atoms with E-state index < -0.39 is 22.0 Å². The molecule has 0 aliphatic heterocycles. The molecule has 0 saturated heterocycles. The fraction of sp³-hybridized carbons (Fsp3) is 0.176. The SMILES string of the molecule is C[C@H](NC(=O)c1c(Cl)nc2ccccn12)c1ccccc1NS(C)(=O)=O. The number of rotatable bonds is 5. The summed E-state index contributed by atoms with van der Waals surface area (Å²) in [5, 5.41) is 2.94. The Labute approximate surface area is 156 Å². The second-order valence-corrected chi connectivity index (χ2v) is 7.94. The zero-order valence-electron chi connectivity index (χ0n) is 14.1. The van der Waals surface area contributed by atoms with Gasteiger partial charge in [0.15, 0.2) is 10.8 Å². The van der Waals surface area contributed by atoms with Crippen molar-refractivity contribution in [3.05, 3.63) is 65.1 Å². The van der Waals surface area contributed by atoms with Crippen LogP contribution in [0.15, 0.2) is 48.7 Å². The first-order valence-corrected chi connectivity index (χ1v) is 10.0. The number of carbonyl (C=O) groups excluding carboxylic acids is 1. The van der Waals surface area contributed by atoms with E-state index in [2.05, 4.69) is 15.0 Å². The van der Waals surface area contributed by atoms with Gasteiger partial charge in [0, 0.05) is 6.20 Å². The summed E-state index contributed by atoms with van der Waals surface area (Å²) in [4.78, 5) is 16.9. The van der Waals surface area contributed by atoms with Crippen LogP contribution in [0.1, 0.15) is 29.0 Å². The van der Waals surface area contributed by atoms with Crippen molar-refractivity contribution in [2.24, 2.45) is 0 Å². The molecule has 1 amide bonds. The zero-order valence-corrected chi connectivity index (χ0v) is 15.7. The highest BCUT2D eigenvalue weighted by Crippen LogP contribution is 2.25. The number of fused-ring (bicyclic) bond motifs is 1. The Hall–Kier alpha value is -2.58. The highest BCUT2D eigenvalue weighted by atomic mass is 35.5. The number of aromatic nitrogens is 2. The van der Waals surface area contributed by atoms with Gasteiger partial charge in [-0.3, -0.25) is 13.9 Å². The summed E-state index contributed by atoms with van der Waals surface area (Å²) < 4.78 is 27.2. The van der Waals surface area contributed by atoms with Crippen LogP contribution in [0.3, 0.4) is 0 Å². The van der Waals surface area contributed by atoms with Gasteiger partial charge in [0.05, 0.1) is 18.0 Å². The van der Waals surface area contributed by atoms with E-state index in [1.54, 1.807) is 60.0 Å². The molecule has 1 atom stereocenters. The number of sulfonamides is 1. The lowest BCUT2D eigenvalue weighted by atomic mass is 10.1. The van der Waals surface area contributed by atoms with Crippen LogP contribution >= 0.6 is 11.6 Å². The largest absolute Gasteiger partial charge is 0.344 e. The quantitative estimate of drug-likeness (QED) is 0.698. The minimum Gasteiger partial charge on any atom is -0.344 e. The maximum atomic E-state index is 12.7. The predicted molar refractivity (Wildman–Crippen MR) is 101 cm³/mol. The van der Waals surface area contributed by atoms with Crippen molar-refractivity contribution >= 4 is 38.9 Å². The monoisotopic (exact) mass is 392 g/mol. The molecule has 1 aromatic carbocycles. The molecule has 0 aliphatic carbocycles. The van der Waals surface area contributed by atoms with Crippen molar-refractivity contribution in [3.63, 3.8) is 0 Å². The Kier molecular flexibility index (Phi) is 4.88. The molecule has 7 nitrogen and oxygen atoms in total. The van der Waals surface area contributed by atoms with Crippen LogP contribution in [-0.2, 0) is 10.0 Å². The second-order valence-electron chi connectivity index (χ2n) is 5.84. The molecule has 0 radical (unpaired) electrons. The average molecular weight is 393 g/mol. The number of hydrogen-bond donors (Lipinski definition) is 2. The summed E-state index contributed by atoms with van der Waals surface area (Å²) in [5.41, 5.74) is 1.83. The molecular weight excluding hydrogens is 376 g/mol. The Morgan fingerprint density at radius 3 is 2.62 bits per heavy atom. The van der Waals surface area contributed by atoms with Crippen molar-refractivity contribution in [2.45, 2.75) is 13.0 Å². The predicted octanol–water partition coefficient (Wildman–Crippen LogP) is 2.85. The molecule has 3 aromatic rings. The van der Waals surface area contributed by atoms with Crippen molar-refractivity contribution < 1.29 is 13.2 Å². The van der Waals surface area contributed by atoms with Crippen LogP contribution in [0.25, 0.3) is 5.65 Å². The van der Waals surface area contributed by atoms with Crippen LogP contribution in [0.5, 0.6) is 0 Å². The summed E-state index contributed by atoms with van der Waals surface area (Å²) >= 11 is 6.13. The standard InChI is InChI=1S/C17H17ClN4O3S/c1-11(12-7-3-4-8-13(12)21-26(2,24)25)19-17(23)15-16(18)20-14-9-5-6-10-22(14)15/h3-11,21H,1-2H3,(H,19,23)/t11-/m0/s1. The van der Waals surface area contributed by atoms with Gasteiger partial charge in [-0.15, -0.1) is 0 Å². The van der Waals surface area contributed by atoms with Crippen LogP contribution in [0.2, 0.25) is 5.15 Å². The fourth-order valence-corrected chi connectivity index (χ4v) is 3.53.